The van der Waals surface area contributed by atoms with Crippen LogP contribution >= 0.6 is 11.6 Å². The average molecular weight is 398 g/mol. The van der Waals surface area contributed by atoms with E-state index in [1.807, 2.05) is 24.3 Å². The molecule has 0 spiro atoms. The number of primary amides is 1. The van der Waals surface area contributed by atoms with Crippen LogP contribution < -0.4 is 11.1 Å². The lowest BCUT2D eigenvalue weighted by Gasteiger charge is -2.23. The number of carbonyl (C=O) groups excluding carboxylic acids is 2. The molecule has 3 N–H and O–H groups in total. The van der Waals surface area contributed by atoms with Gasteiger partial charge in [-0.05, 0) is 55.3 Å². The van der Waals surface area contributed by atoms with Gasteiger partial charge in [0.05, 0.1) is 6.04 Å². The summed E-state index contributed by atoms with van der Waals surface area (Å²) in [6, 6.07) is 14.1. The molecule has 4 rings (SSSR count). The number of amides is 2. The highest BCUT2D eigenvalue weighted by Crippen LogP contribution is 2.26. The van der Waals surface area contributed by atoms with Crippen molar-refractivity contribution >= 4 is 40.1 Å². The van der Waals surface area contributed by atoms with Crippen molar-refractivity contribution in [2.24, 2.45) is 5.73 Å². The first-order valence-electron chi connectivity index (χ1n) is 9.13. The van der Waals surface area contributed by atoms with Gasteiger partial charge >= 0.3 is 0 Å². The zero-order chi connectivity index (χ0) is 19.7. The third kappa shape index (κ3) is 3.74. The van der Waals surface area contributed by atoms with E-state index < -0.39 is 0 Å². The van der Waals surface area contributed by atoms with Crippen LogP contribution in [0.4, 0.5) is 5.69 Å². The third-order valence-corrected chi connectivity index (χ3v) is 5.27. The molecule has 1 unspecified atom stereocenters. The van der Waals surface area contributed by atoms with Gasteiger partial charge in [-0.3, -0.25) is 14.5 Å². The molecule has 2 amide bonds. The number of rotatable bonds is 5. The van der Waals surface area contributed by atoms with Crippen molar-refractivity contribution in [3.63, 3.8) is 0 Å². The molecular weight excluding hydrogens is 378 g/mol. The third-order valence-electron chi connectivity index (χ3n) is 5.03. The standard InChI is InChI=1S/C21H20ClN3O3/c22-15-7-8-18-14(10-15)11-19(28-18)21(27)24-16-5-2-1-4-13(16)12-25-9-3-6-17(25)20(23)26/h1-2,4-5,7-8,10-11,17H,3,6,9,12H2,(H2,23,26)(H,24,27). The first-order chi connectivity index (χ1) is 13.5. The molecule has 1 atom stereocenters. The fourth-order valence-electron chi connectivity index (χ4n) is 3.65. The second kappa shape index (κ2) is 7.66. The zero-order valence-electron chi connectivity index (χ0n) is 15.2. The summed E-state index contributed by atoms with van der Waals surface area (Å²) in [5.74, 6) is -0.434. The van der Waals surface area contributed by atoms with Crippen molar-refractivity contribution in [2.45, 2.75) is 25.4 Å². The van der Waals surface area contributed by atoms with Gasteiger partial charge in [0, 0.05) is 22.6 Å². The summed E-state index contributed by atoms with van der Waals surface area (Å²) in [5.41, 5.74) is 7.71. The van der Waals surface area contributed by atoms with Crippen molar-refractivity contribution in [3.05, 3.63) is 64.9 Å². The van der Waals surface area contributed by atoms with Crippen LogP contribution in [0.2, 0.25) is 5.02 Å². The number of para-hydroxylation sites is 1. The first kappa shape index (κ1) is 18.5. The lowest BCUT2D eigenvalue weighted by Crippen LogP contribution is -2.39. The highest BCUT2D eigenvalue weighted by atomic mass is 35.5. The molecule has 1 fully saturated rings. The van der Waals surface area contributed by atoms with Gasteiger partial charge in [0.25, 0.3) is 5.91 Å². The van der Waals surface area contributed by atoms with Crippen molar-refractivity contribution < 1.29 is 14.0 Å². The average Bonchev–Trinajstić information content (AvgIpc) is 3.29. The van der Waals surface area contributed by atoms with E-state index in [0.29, 0.717) is 22.8 Å². The molecular formula is C21H20ClN3O3. The number of hydrogen-bond acceptors (Lipinski definition) is 4. The van der Waals surface area contributed by atoms with Gasteiger partial charge in [0.1, 0.15) is 5.58 Å². The van der Waals surface area contributed by atoms with E-state index in [9.17, 15) is 9.59 Å². The van der Waals surface area contributed by atoms with E-state index in [1.54, 1.807) is 24.3 Å². The number of fused-ring (bicyclic) bond motifs is 1. The van der Waals surface area contributed by atoms with Crippen LogP contribution in [0.25, 0.3) is 11.0 Å². The van der Waals surface area contributed by atoms with Crippen LogP contribution in [0.1, 0.15) is 29.0 Å². The molecule has 2 heterocycles. The number of likely N-dealkylation sites (tertiary alicyclic amines) is 1. The Morgan fingerprint density at radius 2 is 2.04 bits per heavy atom. The number of anilines is 1. The van der Waals surface area contributed by atoms with Crippen LogP contribution in [-0.2, 0) is 11.3 Å². The highest BCUT2D eigenvalue weighted by Gasteiger charge is 2.29. The Kier molecular flexibility index (Phi) is 5.07. The minimum absolute atomic E-state index is 0.211. The van der Waals surface area contributed by atoms with Crippen molar-refractivity contribution in [3.8, 4) is 0 Å². The molecule has 0 bridgehead atoms. The van der Waals surface area contributed by atoms with Gasteiger partial charge in [-0.15, -0.1) is 0 Å². The summed E-state index contributed by atoms with van der Waals surface area (Å²) in [7, 11) is 0. The summed E-state index contributed by atoms with van der Waals surface area (Å²) in [6.07, 6.45) is 1.70. The Morgan fingerprint density at radius 1 is 1.21 bits per heavy atom. The van der Waals surface area contributed by atoms with E-state index in [0.717, 1.165) is 30.3 Å². The fourth-order valence-corrected chi connectivity index (χ4v) is 3.83. The number of halogens is 1. The minimum atomic E-state index is -0.340. The Bertz CT molecular complexity index is 1050. The van der Waals surface area contributed by atoms with E-state index in [2.05, 4.69) is 10.2 Å². The number of nitrogens with zero attached hydrogens (tertiary/aromatic N) is 1. The predicted molar refractivity (Wildman–Crippen MR) is 108 cm³/mol. The number of furan rings is 1. The molecule has 6 nitrogen and oxygen atoms in total. The Labute approximate surface area is 167 Å². The van der Waals surface area contributed by atoms with E-state index in [1.165, 1.54) is 0 Å². The van der Waals surface area contributed by atoms with Crippen LogP contribution in [0.3, 0.4) is 0 Å². The SMILES string of the molecule is NC(=O)C1CCCN1Cc1ccccc1NC(=O)c1cc2cc(Cl)ccc2o1. The Hall–Kier alpha value is -2.83. The molecule has 1 aromatic heterocycles. The smallest absolute Gasteiger partial charge is 0.291 e. The van der Waals surface area contributed by atoms with Crippen LogP contribution in [-0.4, -0.2) is 29.3 Å². The zero-order valence-corrected chi connectivity index (χ0v) is 15.9. The highest BCUT2D eigenvalue weighted by molar-refractivity contribution is 6.31. The molecule has 1 aliphatic heterocycles. The van der Waals surface area contributed by atoms with Crippen LogP contribution in [0.5, 0.6) is 0 Å². The van der Waals surface area contributed by atoms with Crippen LogP contribution in [0, 0.1) is 0 Å². The molecule has 7 heteroatoms. The van der Waals surface area contributed by atoms with Crippen molar-refractivity contribution in [2.75, 3.05) is 11.9 Å². The molecule has 1 saturated heterocycles. The quantitative estimate of drug-likeness (QED) is 0.685. The topological polar surface area (TPSA) is 88.6 Å². The van der Waals surface area contributed by atoms with Crippen molar-refractivity contribution in [1.82, 2.24) is 4.90 Å². The molecule has 144 valence electrons. The van der Waals surface area contributed by atoms with Gasteiger partial charge in [-0.2, -0.15) is 0 Å². The van der Waals surface area contributed by atoms with Gasteiger partial charge in [0.15, 0.2) is 5.76 Å². The summed E-state index contributed by atoms with van der Waals surface area (Å²) in [5, 5.41) is 4.27. The summed E-state index contributed by atoms with van der Waals surface area (Å²) < 4.78 is 5.64. The van der Waals surface area contributed by atoms with Gasteiger partial charge in [-0.25, -0.2) is 0 Å². The Morgan fingerprint density at radius 3 is 2.86 bits per heavy atom. The maximum atomic E-state index is 12.7. The molecule has 0 aliphatic carbocycles. The summed E-state index contributed by atoms with van der Waals surface area (Å²) in [4.78, 5) is 26.4. The Balaban J connectivity index is 1.54. The van der Waals surface area contributed by atoms with Crippen molar-refractivity contribution in [1.29, 1.82) is 0 Å². The van der Waals surface area contributed by atoms with E-state index >= 15 is 0 Å². The summed E-state index contributed by atoms with van der Waals surface area (Å²) >= 11 is 5.99. The number of nitrogens with one attached hydrogen (secondary N) is 1. The predicted octanol–water partition coefficient (Wildman–Crippen LogP) is 3.79. The number of benzene rings is 2. The van der Waals surface area contributed by atoms with E-state index in [-0.39, 0.29) is 23.6 Å². The lowest BCUT2D eigenvalue weighted by atomic mass is 10.1. The summed E-state index contributed by atoms with van der Waals surface area (Å²) in [6.45, 7) is 1.35. The first-order valence-corrected chi connectivity index (χ1v) is 9.51. The second-order valence-corrected chi connectivity index (χ2v) is 7.37. The minimum Gasteiger partial charge on any atom is -0.451 e. The molecule has 0 saturated carbocycles. The molecule has 1 aliphatic rings. The maximum Gasteiger partial charge on any atom is 0.291 e. The van der Waals surface area contributed by atoms with Gasteiger partial charge in [-0.1, -0.05) is 29.8 Å². The monoisotopic (exact) mass is 397 g/mol. The number of hydrogen-bond donors (Lipinski definition) is 2. The molecule has 3 aromatic rings. The van der Waals surface area contributed by atoms with Crippen LogP contribution in [0.15, 0.2) is 52.9 Å². The normalized spacial score (nSPS) is 17.1. The molecule has 0 radical (unpaired) electrons. The fraction of sp³-hybridized carbons (Fsp3) is 0.238. The van der Waals surface area contributed by atoms with Gasteiger partial charge < -0.3 is 15.5 Å². The second-order valence-electron chi connectivity index (χ2n) is 6.93. The molecule has 28 heavy (non-hydrogen) atoms. The molecule has 2 aromatic carbocycles. The van der Waals surface area contributed by atoms with E-state index in [4.69, 9.17) is 21.8 Å². The lowest BCUT2D eigenvalue weighted by molar-refractivity contribution is -0.122. The largest absolute Gasteiger partial charge is 0.451 e. The maximum absolute atomic E-state index is 12.7. The number of carbonyl (C=O) groups is 2. The van der Waals surface area contributed by atoms with Gasteiger partial charge in [0.2, 0.25) is 5.91 Å². The number of nitrogens with two attached hydrogens (primary N) is 1.